The van der Waals surface area contributed by atoms with Gasteiger partial charge < -0.3 is 15.2 Å². The van der Waals surface area contributed by atoms with Crippen LogP contribution < -0.4 is 5.32 Å². The Morgan fingerprint density at radius 2 is 1.71 bits per heavy atom. The van der Waals surface area contributed by atoms with E-state index < -0.39 is 5.72 Å². The summed E-state index contributed by atoms with van der Waals surface area (Å²) >= 11 is 0. The summed E-state index contributed by atoms with van der Waals surface area (Å²) in [6, 6.07) is 9.49. The molecule has 0 spiro atoms. The third kappa shape index (κ3) is 8.29. The second kappa shape index (κ2) is 12.9. The van der Waals surface area contributed by atoms with Crippen LogP contribution in [0.3, 0.4) is 0 Å². The summed E-state index contributed by atoms with van der Waals surface area (Å²) in [6.45, 7) is 6.15. The van der Waals surface area contributed by atoms with Gasteiger partial charge in [-0.25, -0.2) is 0 Å². The molecule has 1 heterocycles. The number of morpholine rings is 1. The van der Waals surface area contributed by atoms with Crippen LogP contribution in [0.4, 0.5) is 0 Å². The molecule has 1 fully saturated rings. The molecule has 0 unspecified atom stereocenters. The third-order valence-corrected chi connectivity index (χ3v) is 5.50. The number of benzene rings is 1. The molecule has 1 aromatic carbocycles. The van der Waals surface area contributed by atoms with Gasteiger partial charge in [-0.1, -0.05) is 75.8 Å². The number of hydrogen-bond donors (Lipinski definition) is 2. The fraction of sp³-hybridized carbons (Fsp3) is 0.696. The minimum Gasteiger partial charge on any atom is -0.379 e. The Kier molecular flexibility index (Phi) is 10.5. The Bertz CT molecular complexity index is 546. The van der Waals surface area contributed by atoms with Crippen LogP contribution in [0.1, 0.15) is 70.3 Å². The molecule has 158 valence electrons. The van der Waals surface area contributed by atoms with Gasteiger partial charge in [-0.15, -0.1) is 0 Å². The van der Waals surface area contributed by atoms with Crippen molar-refractivity contribution in [2.24, 2.45) is 0 Å². The van der Waals surface area contributed by atoms with Gasteiger partial charge in [-0.3, -0.25) is 9.69 Å². The zero-order chi connectivity index (χ0) is 20.1. The van der Waals surface area contributed by atoms with Gasteiger partial charge in [0.05, 0.1) is 13.2 Å². The minimum atomic E-state index is -1.32. The monoisotopic (exact) mass is 390 g/mol. The van der Waals surface area contributed by atoms with E-state index in [2.05, 4.69) is 17.1 Å². The molecule has 2 N–H and O–H groups in total. The Morgan fingerprint density at radius 3 is 2.39 bits per heavy atom. The number of hydrogen-bond acceptors (Lipinski definition) is 4. The van der Waals surface area contributed by atoms with Crippen molar-refractivity contribution in [1.82, 2.24) is 10.2 Å². The van der Waals surface area contributed by atoms with E-state index in [1.165, 1.54) is 32.1 Å². The van der Waals surface area contributed by atoms with Crippen molar-refractivity contribution in [3.05, 3.63) is 35.9 Å². The Morgan fingerprint density at radius 1 is 1.07 bits per heavy atom. The second-order valence-electron chi connectivity index (χ2n) is 7.85. The third-order valence-electron chi connectivity index (χ3n) is 5.50. The van der Waals surface area contributed by atoms with Gasteiger partial charge in [-0.2, -0.15) is 0 Å². The summed E-state index contributed by atoms with van der Waals surface area (Å²) in [5, 5.41) is 14.2. The van der Waals surface area contributed by atoms with E-state index in [4.69, 9.17) is 4.74 Å². The second-order valence-corrected chi connectivity index (χ2v) is 7.85. The van der Waals surface area contributed by atoms with Crippen LogP contribution in [-0.2, 0) is 15.3 Å². The molecule has 0 saturated carbocycles. The smallest absolute Gasteiger partial charge is 0.222 e. The molecule has 0 aliphatic carbocycles. The Hall–Kier alpha value is -1.43. The SMILES string of the molecule is CCCCCCCCCC(=O)N[C@@](O)(CCN1CCOCC1)c1ccccc1. The standard InChI is InChI=1S/C23H38N2O3/c1-2-3-4-5-6-7-11-14-22(26)24-23(27,21-12-9-8-10-13-21)15-16-25-17-19-28-20-18-25/h8-10,12-13,27H,2-7,11,14-20H2,1H3,(H,24,26)/t23-/m1/s1. The fourth-order valence-electron chi connectivity index (χ4n) is 3.67. The maximum Gasteiger partial charge on any atom is 0.222 e. The molecule has 5 heteroatoms. The predicted molar refractivity (Wildman–Crippen MR) is 113 cm³/mol. The van der Waals surface area contributed by atoms with E-state index in [1.807, 2.05) is 30.3 Å². The highest BCUT2D eigenvalue weighted by Gasteiger charge is 2.31. The topological polar surface area (TPSA) is 61.8 Å². The number of carbonyl (C=O) groups is 1. The molecule has 1 saturated heterocycles. The fourth-order valence-corrected chi connectivity index (χ4v) is 3.67. The summed E-state index contributed by atoms with van der Waals surface area (Å²) in [5.74, 6) is -0.0677. The lowest BCUT2D eigenvalue weighted by Gasteiger charge is -2.34. The zero-order valence-electron chi connectivity index (χ0n) is 17.5. The van der Waals surface area contributed by atoms with Crippen LogP contribution in [0.25, 0.3) is 0 Å². The molecule has 1 atom stereocenters. The summed E-state index contributed by atoms with van der Waals surface area (Å²) < 4.78 is 5.39. The minimum absolute atomic E-state index is 0.0677. The molecule has 0 aromatic heterocycles. The molecular weight excluding hydrogens is 352 g/mol. The first-order valence-electron chi connectivity index (χ1n) is 11.0. The first-order chi connectivity index (χ1) is 13.6. The van der Waals surface area contributed by atoms with Crippen molar-refractivity contribution in [1.29, 1.82) is 0 Å². The molecule has 1 amide bonds. The largest absolute Gasteiger partial charge is 0.379 e. The van der Waals surface area contributed by atoms with Gasteiger partial charge >= 0.3 is 0 Å². The highest BCUT2D eigenvalue weighted by Crippen LogP contribution is 2.23. The summed E-state index contributed by atoms with van der Waals surface area (Å²) in [5.41, 5.74) is -0.575. The lowest BCUT2D eigenvalue weighted by Crippen LogP contribution is -2.49. The number of nitrogens with one attached hydrogen (secondary N) is 1. The van der Waals surface area contributed by atoms with E-state index in [0.717, 1.165) is 51.3 Å². The van der Waals surface area contributed by atoms with Crippen LogP contribution in [0.5, 0.6) is 0 Å². The van der Waals surface area contributed by atoms with E-state index >= 15 is 0 Å². The first-order valence-corrected chi connectivity index (χ1v) is 11.0. The summed E-state index contributed by atoms with van der Waals surface area (Å²) in [4.78, 5) is 14.8. The zero-order valence-corrected chi connectivity index (χ0v) is 17.5. The lowest BCUT2D eigenvalue weighted by molar-refractivity contribution is -0.130. The maximum absolute atomic E-state index is 12.5. The molecule has 28 heavy (non-hydrogen) atoms. The quantitative estimate of drug-likeness (QED) is 0.397. The molecule has 1 aliphatic heterocycles. The molecule has 0 radical (unpaired) electrons. The highest BCUT2D eigenvalue weighted by molar-refractivity contribution is 5.76. The maximum atomic E-state index is 12.5. The van der Waals surface area contributed by atoms with Crippen LogP contribution in [0.2, 0.25) is 0 Å². The van der Waals surface area contributed by atoms with Gasteiger partial charge in [0.1, 0.15) is 0 Å². The Labute approximate surface area is 170 Å². The number of rotatable bonds is 13. The van der Waals surface area contributed by atoms with E-state index in [1.54, 1.807) is 0 Å². The molecular formula is C23H38N2O3. The van der Waals surface area contributed by atoms with Crippen molar-refractivity contribution in [3.63, 3.8) is 0 Å². The Balaban J connectivity index is 1.82. The van der Waals surface area contributed by atoms with Crippen molar-refractivity contribution < 1.29 is 14.6 Å². The van der Waals surface area contributed by atoms with E-state index in [0.29, 0.717) is 12.8 Å². The number of carbonyl (C=O) groups excluding carboxylic acids is 1. The van der Waals surface area contributed by atoms with Gasteiger partial charge in [0.2, 0.25) is 5.91 Å². The van der Waals surface area contributed by atoms with Crippen LogP contribution in [0.15, 0.2) is 30.3 Å². The van der Waals surface area contributed by atoms with Crippen LogP contribution in [0, 0.1) is 0 Å². The molecule has 5 nitrogen and oxygen atoms in total. The number of unbranched alkanes of at least 4 members (excludes halogenated alkanes) is 6. The summed E-state index contributed by atoms with van der Waals surface area (Å²) in [6.07, 6.45) is 9.19. The molecule has 0 bridgehead atoms. The molecule has 1 aliphatic rings. The summed E-state index contributed by atoms with van der Waals surface area (Å²) in [7, 11) is 0. The van der Waals surface area contributed by atoms with E-state index in [9.17, 15) is 9.90 Å². The van der Waals surface area contributed by atoms with E-state index in [-0.39, 0.29) is 5.91 Å². The predicted octanol–water partition coefficient (Wildman–Crippen LogP) is 3.81. The normalized spacial score (nSPS) is 17.2. The lowest BCUT2D eigenvalue weighted by atomic mass is 9.98. The number of aliphatic hydroxyl groups is 1. The van der Waals surface area contributed by atoms with Crippen LogP contribution in [-0.4, -0.2) is 48.8 Å². The molecule has 2 rings (SSSR count). The average molecular weight is 391 g/mol. The van der Waals surface area contributed by atoms with Gasteiger partial charge in [0, 0.05) is 38.0 Å². The number of ether oxygens (including phenoxy) is 1. The number of amides is 1. The average Bonchev–Trinajstić information content (AvgIpc) is 2.73. The van der Waals surface area contributed by atoms with Crippen molar-refractivity contribution in [2.75, 3.05) is 32.8 Å². The highest BCUT2D eigenvalue weighted by atomic mass is 16.5. The van der Waals surface area contributed by atoms with Crippen molar-refractivity contribution in [3.8, 4) is 0 Å². The van der Waals surface area contributed by atoms with Crippen LogP contribution >= 0.6 is 0 Å². The van der Waals surface area contributed by atoms with Gasteiger partial charge in [0.15, 0.2) is 5.72 Å². The van der Waals surface area contributed by atoms with Gasteiger partial charge in [-0.05, 0) is 6.42 Å². The first kappa shape index (κ1) is 22.9. The number of nitrogens with zero attached hydrogens (tertiary/aromatic N) is 1. The molecule has 1 aromatic rings. The van der Waals surface area contributed by atoms with Crippen molar-refractivity contribution >= 4 is 5.91 Å². The van der Waals surface area contributed by atoms with Crippen molar-refractivity contribution in [2.45, 2.75) is 70.4 Å². The van der Waals surface area contributed by atoms with Gasteiger partial charge in [0.25, 0.3) is 0 Å².